The lowest BCUT2D eigenvalue weighted by Gasteiger charge is -2.51. The Kier molecular flexibility index (Phi) is 6.26. The fourth-order valence-corrected chi connectivity index (χ4v) is 5.37. The summed E-state index contributed by atoms with van der Waals surface area (Å²) in [4.78, 5) is 14.9. The molecule has 1 N–H and O–H groups in total. The second kappa shape index (κ2) is 8.93. The van der Waals surface area contributed by atoms with Crippen LogP contribution in [0.4, 0.5) is 4.39 Å². The van der Waals surface area contributed by atoms with E-state index in [0.29, 0.717) is 29.5 Å². The van der Waals surface area contributed by atoms with Crippen LogP contribution in [-0.4, -0.2) is 29.1 Å². The van der Waals surface area contributed by atoms with Gasteiger partial charge >= 0.3 is 5.97 Å². The molecule has 0 amide bonds. The third kappa shape index (κ3) is 4.04. The number of rotatable bonds is 7. The minimum Gasteiger partial charge on any atom is -0.481 e. The Morgan fingerprint density at radius 1 is 1.06 bits per heavy atom. The number of halogens is 2. The van der Waals surface area contributed by atoms with Gasteiger partial charge in [0.25, 0.3) is 0 Å². The quantitative estimate of drug-likeness (QED) is 0.446. The Hall–Kier alpha value is -2.50. The molecule has 31 heavy (non-hydrogen) atoms. The summed E-state index contributed by atoms with van der Waals surface area (Å²) in [6, 6.07) is 25.1. The monoisotopic (exact) mass is 481 g/mol. The molecular weight excluding hydrogens is 457 g/mol. The third-order valence-corrected chi connectivity index (χ3v) is 6.98. The molecule has 3 aromatic carbocycles. The minimum atomic E-state index is -1.13. The number of aliphatic carboxylic acids is 1. The van der Waals surface area contributed by atoms with Crippen molar-refractivity contribution in [1.29, 1.82) is 0 Å². The van der Waals surface area contributed by atoms with Crippen LogP contribution in [0.1, 0.15) is 36.1 Å². The molecule has 0 radical (unpaired) electrons. The summed E-state index contributed by atoms with van der Waals surface area (Å²) in [5.74, 6) is -1.43. The first kappa shape index (κ1) is 21.7. The van der Waals surface area contributed by atoms with Crippen molar-refractivity contribution in [1.82, 2.24) is 4.90 Å². The summed E-state index contributed by atoms with van der Waals surface area (Å²) in [6.07, 6.45) is 0.401. The van der Waals surface area contributed by atoms with Gasteiger partial charge < -0.3 is 5.11 Å². The number of hydrogen-bond donors (Lipinski definition) is 1. The second-order valence-electron chi connectivity index (χ2n) is 8.16. The maximum absolute atomic E-state index is 14.2. The van der Waals surface area contributed by atoms with Crippen LogP contribution in [0.2, 0.25) is 0 Å². The molecule has 0 aromatic heterocycles. The molecule has 1 unspecified atom stereocenters. The highest BCUT2D eigenvalue weighted by Gasteiger charge is 2.52. The predicted octanol–water partition coefficient (Wildman–Crippen LogP) is 6.04. The molecular formula is C26H25BrFNO2. The first-order valence-electron chi connectivity index (χ1n) is 10.5. The molecule has 0 spiro atoms. The first-order chi connectivity index (χ1) is 15.0. The average Bonchev–Trinajstić information content (AvgIpc) is 2.73. The smallest absolute Gasteiger partial charge is 0.314 e. The van der Waals surface area contributed by atoms with E-state index >= 15 is 0 Å². The zero-order chi connectivity index (χ0) is 22.0. The van der Waals surface area contributed by atoms with E-state index in [1.807, 2.05) is 43.3 Å². The lowest BCUT2D eigenvalue weighted by atomic mass is 9.64. The Bertz CT molecular complexity index is 994. The lowest BCUT2D eigenvalue weighted by molar-refractivity contribution is -0.150. The van der Waals surface area contributed by atoms with Crippen molar-refractivity contribution in [3.05, 3.63) is 106 Å². The van der Waals surface area contributed by atoms with Crippen LogP contribution in [-0.2, 0) is 10.2 Å². The van der Waals surface area contributed by atoms with E-state index in [1.54, 1.807) is 6.07 Å². The van der Waals surface area contributed by atoms with Crippen molar-refractivity contribution in [2.45, 2.75) is 24.8 Å². The van der Waals surface area contributed by atoms with E-state index in [1.165, 1.54) is 23.3 Å². The molecule has 1 aliphatic heterocycles. The number of carboxylic acids is 1. The highest BCUT2D eigenvalue weighted by Crippen LogP contribution is 2.45. The van der Waals surface area contributed by atoms with Gasteiger partial charge in [0.05, 0.1) is 11.5 Å². The molecule has 0 bridgehead atoms. The van der Waals surface area contributed by atoms with Crippen LogP contribution in [0.15, 0.2) is 83.3 Å². The summed E-state index contributed by atoms with van der Waals surface area (Å²) < 4.78 is 14.7. The van der Waals surface area contributed by atoms with E-state index in [9.17, 15) is 14.3 Å². The maximum atomic E-state index is 14.2. The molecule has 1 saturated heterocycles. The van der Waals surface area contributed by atoms with Crippen LogP contribution >= 0.6 is 15.9 Å². The molecule has 160 valence electrons. The largest absolute Gasteiger partial charge is 0.481 e. The Morgan fingerprint density at radius 2 is 1.61 bits per heavy atom. The lowest BCUT2D eigenvalue weighted by Crippen LogP contribution is -2.60. The molecule has 1 fully saturated rings. The Morgan fingerprint density at radius 3 is 2.06 bits per heavy atom. The van der Waals surface area contributed by atoms with Crippen LogP contribution in [0.25, 0.3) is 0 Å². The van der Waals surface area contributed by atoms with Crippen LogP contribution < -0.4 is 0 Å². The Labute approximate surface area is 190 Å². The first-order valence-corrected chi connectivity index (χ1v) is 11.3. The number of carboxylic acid groups (broad SMARTS) is 1. The number of hydrogen-bond acceptors (Lipinski definition) is 2. The SMILES string of the molecule is CCC(C(=O)O)(c1cc(F)cc(Br)c1)C1CN(C(c2ccccc2)c2ccccc2)C1. The fraction of sp³-hybridized carbons (Fsp3) is 0.269. The van der Waals surface area contributed by atoms with E-state index < -0.39 is 17.2 Å². The summed E-state index contributed by atoms with van der Waals surface area (Å²) in [6.45, 7) is 3.13. The zero-order valence-electron chi connectivity index (χ0n) is 17.3. The Balaban J connectivity index is 1.67. The van der Waals surface area contributed by atoms with Gasteiger partial charge in [-0.3, -0.25) is 9.69 Å². The zero-order valence-corrected chi connectivity index (χ0v) is 18.9. The summed E-state index contributed by atoms with van der Waals surface area (Å²) in [5, 5.41) is 10.3. The van der Waals surface area contributed by atoms with Crippen molar-refractivity contribution in [2.75, 3.05) is 13.1 Å². The standard InChI is InChI=1S/C26H25BrFNO2/c1-2-26(25(30)31,20-13-22(27)15-23(28)14-20)21-16-29(17-21)24(18-9-5-3-6-10-18)19-11-7-4-8-12-19/h3-15,21,24H,2,16-17H2,1H3,(H,30,31). The maximum Gasteiger partial charge on any atom is 0.314 e. The van der Waals surface area contributed by atoms with Gasteiger partial charge in [-0.15, -0.1) is 0 Å². The van der Waals surface area contributed by atoms with E-state index in [4.69, 9.17) is 0 Å². The molecule has 0 aliphatic carbocycles. The van der Waals surface area contributed by atoms with Crippen LogP contribution in [0.5, 0.6) is 0 Å². The van der Waals surface area contributed by atoms with Gasteiger partial charge in [0.15, 0.2) is 0 Å². The van der Waals surface area contributed by atoms with Crippen molar-refractivity contribution in [3.8, 4) is 0 Å². The average molecular weight is 482 g/mol. The molecule has 5 heteroatoms. The van der Waals surface area contributed by atoms with Crippen molar-refractivity contribution < 1.29 is 14.3 Å². The predicted molar refractivity (Wildman–Crippen MR) is 123 cm³/mol. The van der Waals surface area contributed by atoms with Gasteiger partial charge in [-0.05, 0) is 41.3 Å². The van der Waals surface area contributed by atoms with Gasteiger partial charge in [0, 0.05) is 23.5 Å². The number of benzene rings is 3. The number of nitrogens with zero attached hydrogens (tertiary/aromatic N) is 1. The van der Waals surface area contributed by atoms with Crippen LogP contribution in [0.3, 0.4) is 0 Å². The second-order valence-corrected chi connectivity index (χ2v) is 9.08. The van der Waals surface area contributed by atoms with E-state index in [0.717, 1.165) is 0 Å². The summed E-state index contributed by atoms with van der Waals surface area (Å²) >= 11 is 3.33. The van der Waals surface area contributed by atoms with Crippen LogP contribution in [0, 0.1) is 11.7 Å². The van der Waals surface area contributed by atoms with E-state index in [-0.39, 0.29) is 12.0 Å². The van der Waals surface area contributed by atoms with Gasteiger partial charge in [0.2, 0.25) is 0 Å². The molecule has 3 aromatic rings. The molecule has 3 nitrogen and oxygen atoms in total. The normalized spacial score (nSPS) is 16.6. The topological polar surface area (TPSA) is 40.5 Å². The molecule has 1 aliphatic rings. The van der Waals surface area contributed by atoms with Gasteiger partial charge in [-0.2, -0.15) is 0 Å². The van der Waals surface area contributed by atoms with Crippen molar-refractivity contribution in [2.24, 2.45) is 5.92 Å². The van der Waals surface area contributed by atoms with Gasteiger partial charge in [0.1, 0.15) is 5.82 Å². The van der Waals surface area contributed by atoms with Gasteiger partial charge in [-0.25, -0.2) is 4.39 Å². The molecule has 4 rings (SSSR count). The van der Waals surface area contributed by atoms with Crippen molar-refractivity contribution >= 4 is 21.9 Å². The van der Waals surface area contributed by atoms with E-state index in [2.05, 4.69) is 45.1 Å². The van der Waals surface area contributed by atoms with Gasteiger partial charge in [-0.1, -0.05) is 83.5 Å². The molecule has 1 atom stereocenters. The molecule has 1 heterocycles. The highest BCUT2D eigenvalue weighted by molar-refractivity contribution is 9.10. The third-order valence-electron chi connectivity index (χ3n) is 6.52. The number of carbonyl (C=O) groups is 1. The fourth-order valence-electron chi connectivity index (χ4n) is 4.91. The minimum absolute atomic E-state index is 0.0567. The summed E-state index contributed by atoms with van der Waals surface area (Å²) in [7, 11) is 0. The molecule has 0 saturated carbocycles. The highest BCUT2D eigenvalue weighted by atomic mass is 79.9. The summed E-state index contributed by atoms with van der Waals surface area (Å²) in [5.41, 5.74) is 1.75. The number of likely N-dealkylation sites (tertiary alicyclic amines) is 1. The van der Waals surface area contributed by atoms with Crippen molar-refractivity contribution in [3.63, 3.8) is 0 Å².